The Morgan fingerprint density at radius 1 is 1.18 bits per heavy atom. The maximum absolute atomic E-state index is 10.3. The van der Waals surface area contributed by atoms with Gasteiger partial charge in [0.1, 0.15) is 11.5 Å². The summed E-state index contributed by atoms with van der Waals surface area (Å²) in [4.78, 5) is 10.3. The second-order valence-corrected chi connectivity index (χ2v) is 3.24. The first-order valence-electron chi connectivity index (χ1n) is 4.98. The van der Waals surface area contributed by atoms with Gasteiger partial charge in [0.25, 0.3) is 5.95 Å². The van der Waals surface area contributed by atoms with Gasteiger partial charge in [-0.25, -0.2) is 4.79 Å². The quantitative estimate of drug-likeness (QED) is 0.819. The number of furan rings is 1. The van der Waals surface area contributed by atoms with Crippen LogP contribution in [0.25, 0.3) is 6.08 Å². The van der Waals surface area contributed by atoms with E-state index in [1.807, 2.05) is 18.2 Å². The van der Waals surface area contributed by atoms with Crippen molar-refractivity contribution < 1.29 is 19.1 Å². The van der Waals surface area contributed by atoms with E-state index in [1.54, 1.807) is 24.3 Å². The highest BCUT2D eigenvalue weighted by Crippen LogP contribution is 2.23. The van der Waals surface area contributed by atoms with Crippen molar-refractivity contribution >= 4 is 12.0 Å². The van der Waals surface area contributed by atoms with Crippen LogP contribution in [0.3, 0.4) is 0 Å². The standard InChI is InChI=1S/C13H10O4/c14-12(15)8-6-11-7-9-13(17-11)16-10-4-2-1-3-5-10/h1-9H,(H,14,15). The van der Waals surface area contributed by atoms with Crippen LogP contribution in [0.15, 0.2) is 53.0 Å². The number of ether oxygens (including phenoxy) is 1. The van der Waals surface area contributed by atoms with Crippen LogP contribution in [0.5, 0.6) is 11.7 Å². The minimum atomic E-state index is -1.02. The third-order valence-corrected chi connectivity index (χ3v) is 1.95. The summed E-state index contributed by atoms with van der Waals surface area (Å²) in [6.45, 7) is 0. The summed E-state index contributed by atoms with van der Waals surface area (Å²) in [5, 5.41) is 8.46. The average molecular weight is 230 g/mol. The Hall–Kier alpha value is -2.49. The van der Waals surface area contributed by atoms with Crippen molar-refractivity contribution in [1.29, 1.82) is 0 Å². The fraction of sp³-hybridized carbons (Fsp3) is 0. The molecule has 0 aliphatic heterocycles. The van der Waals surface area contributed by atoms with Gasteiger partial charge in [0.2, 0.25) is 0 Å². The Bertz CT molecular complexity index is 525. The van der Waals surface area contributed by atoms with E-state index in [4.69, 9.17) is 14.3 Å². The van der Waals surface area contributed by atoms with Crippen LogP contribution in [0.2, 0.25) is 0 Å². The van der Waals surface area contributed by atoms with Crippen molar-refractivity contribution in [2.75, 3.05) is 0 Å². The molecule has 0 atom stereocenters. The van der Waals surface area contributed by atoms with Crippen LogP contribution in [0.1, 0.15) is 5.76 Å². The molecule has 86 valence electrons. The molecule has 1 aromatic heterocycles. The number of hydrogen-bond donors (Lipinski definition) is 1. The molecule has 4 heteroatoms. The summed E-state index contributed by atoms with van der Waals surface area (Å²) < 4.78 is 10.7. The van der Waals surface area contributed by atoms with Crippen molar-refractivity contribution in [2.45, 2.75) is 0 Å². The van der Waals surface area contributed by atoms with Gasteiger partial charge in [0.15, 0.2) is 0 Å². The minimum absolute atomic E-state index is 0.321. The molecule has 17 heavy (non-hydrogen) atoms. The molecule has 0 aliphatic rings. The zero-order valence-corrected chi connectivity index (χ0v) is 8.87. The first-order chi connectivity index (χ1) is 8.24. The molecular formula is C13H10O4. The Labute approximate surface area is 97.8 Å². The molecule has 0 bridgehead atoms. The van der Waals surface area contributed by atoms with Gasteiger partial charge in [-0.2, -0.15) is 0 Å². The first-order valence-corrected chi connectivity index (χ1v) is 4.98. The molecule has 2 aromatic rings. The average Bonchev–Trinajstić information content (AvgIpc) is 2.75. The number of aliphatic carboxylic acids is 1. The summed E-state index contributed by atoms with van der Waals surface area (Å²) in [5.41, 5.74) is 0. The molecule has 4 nitrogen and oxygen atoms in total. The van der Waals surface area contributed by atoms with E-state index in [0.717, 1.165) is 6.08 Å². The highest BCUT2D eigenvalue weighted by Gasteiger charge is 2.02. The number of rotatable bonds is 4. The Balaban J connectivity index is 2.06. The maximum Gasteiger partial charge on any atom is 0.328 e. The molecule has 0 unspecified atom stereocenters. The predicted molar refractivity (Wildman–Crippen MR) is 61.9 cm³/mol. The molecule has 2 rings (SSSR count). The number of carbonyl (C=O) groups is 1. The van der Waals surface area contributed by atoms with Crippen molar-refractivity contribution in [1.82, 2.24) is 0 Å². The van der Waals surface area contributed by atoms with Crippen molar-refractivity contribution in [2.24, 2.45) is 0 Å². The summed E-state index contributed by atoms with van der Waals surface area (Å²) >= 11 is 0. The lowest BCUT2D eigenvalue weighted by molar-refractivity contribution is -0.131. The van der Waals surface area contributed by atoms with Crippen molar-refractivity contribution in [3.05, 3.63) is 54.3 Å². The van der Waals surface area contributed by atoms with Crippen LogP contribution in [0, 0.1) is 0 Å². The molecule has 0 saturated heterocycles. The van der Waals surface area contributed by atoms with E-state index in [0.29, 0.717) is 17.5 Å². The van der Waals surface area contributed by atoms with Crippen LogP contribution < -0.4 is 4.74 Å². The SMILES string of the molecule is O=C(O)C=Cc1ccc(Oc2ccccc2)o1. The van der Waals surface area contributed by atoms with Gasteiger partial charge in [-0.1, -0.05) is 18.2 Å². The second kappa shape index (κ2) is 5.03. The summed E-state index contributed by atoms with van der Waals surface area (Å²) in [6, 6.07) is 12.5. The van der Waals surface area contributed by atoms with Crippen LogP contribution in [0.4, 0.5) is 0 Å². The minimum Gasteiger partial charge on any atom is -0.478 e. The van der Waals surface area contributed by atoms with Crippen LogP contribution in [-0.2, 0) is 4.79 Å². The molecule has 1 heterocycles. The molecule has 0 radical (unpaired) electrons. The lowest BCUT2D eigenvalue weighted by atomic mass is 10.3. The molecule has 0 saturated carbocycles. The van der Waals surface area contributed by atoms with Gasteiger partial charge in [-0.15, -0.1) is 0 Å². The lowest BCUT2D eigenvalue weighted by Gasteiger charge is -1.99. The smallest absolute Gasteiger partial charge is 0.328 e. The highest BCUT2D eigenvalue weighted by molar-refractivity contribution is 5.84. The molecular weight excluding hydrogens is 220 g/mol. The highest BCUT2D eigenvalue weighted by atomic mass is 16.6. The predicted octanol–water partition coefficient (Wildman–Crippen LogP) is 3.17. The molecule has 0 amide bonds. The topological polar surface area (TPSA) is 59.7 Å². The van der Waals surface area contributed by atoms with Crippen LogP contribution >= 0.6 is 0 Å². The van der Waals surface area contributed by atoms with Gasteiger partial charge < -0.3 is 14.3 Å². The van der Waals surface area contributed by atoms with Gasteiger partial charge in [-0.05, 0) is 24.3 Å². The third-order valence-electron chi connectivity index (χ3n) is 1.95. The Kier molecular flexibility index (Phi) is 3.25. The van der Waals surface area contributed by atoms with Crippen molar-refractivity contribution in [3.63, 3.8) is 0 Å². The van der Waals surface area contributed by atoms with E-state index in [-0.39, 0.29) is 0 Å². The number of hydrogen-bond acceptors (Lipinski definition) is 3. The number of benzene rings is 1. The number of carboxylic acid groups (broad SMARTS) is 1. The first kappa shape index (κ1) is 11.0. The van der Waals surface area contributed by atoms with E-state index >= 15 is 0 Å². The number of carboxylic acids is 1. The fourth-order valence-electron chi connectivity index (χ4n) is 1.24. The van der Waals surface area contributed by atoms with Crippen LogP contribution in [-0.4, -0.2) is 11.1 Å². The fourth-order valence-corrected chi connectivity index (χ4v) is 1.24. The largest absolute Gasteiger partial charge is 0.478 e. The summed E-state index contributed by atoms with van der Waals surface area (Å²) in [6.07, 6.45) is 2.37. The van der Waals surface area contributed by atoms with Gasteiger partial charge in [0, 0.05) is 12.1 Å². The number of para-hydroxylation sites is 1. The van der Waals surface area contributed by atoms with E-state index < -0.39 is 5.97 Å². The zero-order valence-electron chi connectivity index (χ0n) is 8.87. The molecule has 0 spiro atoms. The lowest BCUT2D eigenvalue weighted by Crippen LogP contribution is -1.84. The van der Waals surface area contributed by atoms with Gasteiger partial charge in [-0.3, -0.25) is 0 Å². The van der Waals surface area contributed by atoms with E-state index in [2.05, 4.69) is 0 Å². The normalized spacial score (nSPS) is 10.6. The Morgan fingerprint density at radius 3 is 2.65 bits per heavy atom. The van der Waals surface area contributed by atoms with Gasteiger partial charge >= 0.3 is 5.97 Å². The second-order valence-electron chi connectivity index (χ2n) is 3.24. The monoisotopic (exact) mass is 230 g/mol. The van der Waals surface area contributed by atoms with Gasteiger partial charge in [0.05, 0.1) is 0 Å². The maximum atomic E-state index is 10.3. The molecule has 0 fully saturated rings. The molecule has 1 aromatic carbocycles. The zero-order chi connectivity index (χ0) is 12.1. The third kappa shape index (κ3) is 3.24. The van der Waals surface area contributed by atoms with E-state index in [1.165, 1.54) is 6.08 Å². The van der Waals surface area contributed by atoms with E-state index in [9.17, 15) is 4.79 Å². The summed E-state index contributed by atoms with van der Waals surface area (Å²) in [7, 11) is 0. The Morgan fingerprint density at radius 2 is 1.94 bits per heavy atom. The van der Waals surface area contributed by atoms with Crippen molar-refractivity contribution in [3.8, 4) is 11.7 Å². The summed E-state index contributed by atoms with van der Waals surface area (Å²) in [5.74, 6) is 0.391. The molecule has 0 aliphatic carbocycles. The molecule has 1 N–H and O–H groups in total.